The number of nitrogens with one attached hydrogen (secondary N) is 4. The lowest BCUT2D eigenvalue weighted by Gasteiger charge is -2.37. The Kier molecular flexibility index (Phi) is 28.7. The Hall–Kier alpha value is -7.46. The number of hydrogen-bond acceptors (Lipinski definition) is 19. The van der Waals surface area contributed by atoms with E-state index in [0.717, 1.165) is 77.6 Å². The van der Waals surface area contributed by atoms with Gasteiger partial charge in [-0.25, -0.2) is 0 Å². The molecule has 0 radical (unpaired) electrons. The van der Waals surface area contributed by atoms with Crippen molar-refractivity contribution in [3.05, 3.63) is 116 Å². The first-order valence-electron chi connectivity index (χ1n) is 32.5. The van der Waals surface area contributed by atoms with Crippen LogP contribution in [0.15, 0.2) is 65.5 Å². The lowest BCUT2D eigenvalue weighted by Crippen LogP contribution is -2.54. The molecule has 4 aromatic rings. The smallest absolute Gasteiger partial charge is 0.266 e. The molecule has 3 aromatic carbocycles. The van der Waals surface area contributed by atoms with Gasteiger partial charge < -0.3 is 68.0 Å². The van der Waals surface area contributed by atoms with Crippen molar-refractivity contribution in [3.8, 4) is 16.9 Å². The van der Waals surface area contributed by atoms with Crippen LogP contribution in [0.25, 0.3) is 11.1 Å². The average Bonchev–Trinajstić information content (AvgIpc) is 1.71. The molecular formula is C68H92N8O17. The summed E-state index contributed by atoms with van der Waals surface area (Å²) in [6, 6.07) is 18.5. The van der Waals surface area contributed by atoms with Crippen molar-refractivity contribution in [2.45, 2.75) is 97.8 Å². The summed E-state index contributed by atoms with van der Waals surface area (Å²) >= 11 is 0. The number of hydrogen-bond donors (Lipinski definition) is 4. The van der Waals surface area contributed by atoms with Crippen LogP contribution in [0, 0.1) is 20.8 Å². The number of pyridine rings is 1. The third-order valence-corrected chi connectivity index (χ3v) is 16.7. The molecule has 0 aliphatic carbocycles. The molecule has 4 N–H and O–H groups in total. The van der Waals surface area contributed by atoms with Gasteiger partial charge in [-0.3, -0.25) is 53.5 Å². The third-order valence-electron chi connectivity index (χ3n) is 16.7. The van der Waals surface area contributed by atoms with Crippen LogP contribution < -0.4 is 31.1 Å². The van der Waals surface area contributed by atoms with Gasteiger partial charge in [0, 0.05) is 107 Å². The number of anilines is 1. The van der Waals surface area contributed by atoms with E-state index < -0.39 is 29.7 Å². The molecule has 7 amide bonds. The number of carbonyl (C=O) groups excluding carboxylic acids is 7. The molecule has 0 saturated carbocycles. The van der Waals surface area contributed by atoms with Gasteiger partial charge >= 0.3 is 0 Å². The van der Waals surface area contributed by atoms with Crippen molar-refractivity contribution in [1.29, 1.82) is 0 Å². The fourth-order valence-corrected chi connectivity index (χ4v) is 11.7. The normalized spacial score (nSPS) is 16.2. The van der Waals surface area contributed by atoms with Gasteiger partial charge in [-0.15, -0.1) is 0 Å². The fraction of sp³-hybridized carbons (Fsp3) is 0.559. The molecular weight excluding hydrogens is 1200 g/mol. The Bertz CT molecular complexity index is 3200. The van der Waals surface area contributed by atoms with Crippen molar-refractivity contribution < 1.29 is 76.2 Å². The molecule has 3 fully saturated rings. The minimum absolute atomic E-state index is 0.0282. The molecule has 5 heterocycles. The summed E-state index contributed by atoms with van der Waals surface area (Å²) in [5.41, 5.74) is 7.80. The van der Waals surface area contributed by atoms with E-state index in [0.29, 0.717) is 149 Å². The number of piperazine rings is 1. The number of aromatic nitrogens is 1. The lowest BCUT2D eigenvalue weighted by molar-refractivity contribution is -0.136. The minimum Gasteiger partial charge on any atom is -0.493 e. The summed E-state index contributed by atoms with van der Waals surface area (Å²) in [7, 11) is 0. The van der Waals surface area contributed by atoms with Gasteiger partial charge in [0.05, 0.1) is 117 Å². The second kappa shape index (κ2) is 37.4. The molecule has 1 unspecified atom stereocenters. The number of nitrogens with zero attached hydrogens (tertiary/aromatic N) is 4. The number of benzene rings is 3. The molecule has 4 aliphatic heterocycles. The number of ether oxygens (including phenoxy) is 9. The molecule has 4 aliphatic rings. The molecule has 8 rings (SSSR count). The van der Waals surface area contributed by atoms with Crippen LogP contribution in [-0.4, -0.2) is 225 Å². The zero-order chi connectivity index (χ0) is 65.9. The van der Waals surface area contributed by atoms with E-state index >= 15 is 0 Å². The summed E-state index contributed by atoms with van der Waals surface area (Å²) in [6.45, 7) is 19.6. The van der Waals surface area contributed by atoms with Crippen molar-refractivity contribution in [2.75, 3.05) is 156 Å². The first kappa shape index (κ1) is 71.4. The molecule has 506 valence electrons. The van der Waals surface area contributed by atoms with Gasteiger partial charge in [-0.1, -0.05) is 30.3 Å². The zero-order valence-corrected chi connectivity index (χ0v) is 54.3. The Balaban J connectivity index is 0.584. The highest BCUT2D eigenvalue weighted by molar-refractivity contribution is 6.24. The Morgan fingerprint density at radius 1 is 0.667 bits per heavy atom. The van der Waals surface area contributed by atoms with E-state index in [9.17, 15) is 38.4 Å². The van der Waals surface area contributed by atoms with E-state index in [4.69, 9.17) is 42.6 Å². The number of H-pyrrole nitrogens is 1. The highest BCUT2D eigenvalue weighted by Gasteiger charge is 2.46. The van der Waals surface area contributed by atoms with Gasteiger partial charge in [0.2, 0.25) is 23.6 Å². The number of piperidine rings is 1. The van der Waals surface area contributed by atoms with Crippen LogP contribution in [-0.2, 0) is 70.2 Å². The number of aryl methyl sites for hydroxylation is 2. The Morgan fingerprint density at radius 2 is 1.28 bits per heavy atom. The van der Waals surface area contributed by atoms with Crippen LogP contribution in [0.4, 0.5) is 5.69 Å². The van der Waals surface area contributed by atoms with Crippen molar-refractivity contribution in [1.82, 2.24) is 35.6 Å². The monoisotopic (exact) mass is 1290 g/mol. The second-order valence-electron chi connectivity index (χ2n) is 23.2. The second-order valence-corrected chi connectivity index (χ2v) is 23.2. The third kappa shape index (κ3) is 21.3. The maximum atomic E-state index is 14.0. The maximum Gasteiger partial charge on any atom is 0.266 e. The topological polar surface area (TPSA) is 284 Å². The summed E-state index contributed by atoms with van der Waals surface area (Å²) in [4.78, 5) is 113. The van der Waals surface area contributed by atoms with Gasteiger partial charge in [-0.05, 0) is 112 Å². The molecule has 93 heavy (non-hydrogen) atoms. The fourth-order valence-electron chi connectivity index (χ4n) is 11.7. The van der Waals surface area contributed by atoms with E-state index in [1.807, 2.05) is 37.8 Å². The van der Waals surface area contributed by atoms with Crippen LogP contribution >= 0.6 is 0 Å². The number of fused-ring (bicyclic) bond motifs is 1. The minimum atomic E-state index is -1.07. The number of amides is 7. The summed E-state index contributed by atoms with van der Waals surface area (Å²) in [5, 5.41) is 8.02. The van der Waals surface area contributed by atoms with Crippen molar-refractivity contribution in [2.24, 2.45) is 0 Å². The number of imide groups is 2. The summed E-state index contributed by atoms with van der Waals surface area (Å²) in [6.07, 6.45) is 2.83. The van der Waals surface area contributed by atoms with Crippen LogP contribution in [0.5, 0.6) is 5.75 Å². The summed E-state index contributed by atoms with van der Waals surface area (Å²) in [5.74, 6) is -2.52. The number of aromatic amines is 1. The molecule has 0 spiro atoms. The van der Waals surface area contributed by atoms with Gasteiger partial charge in [0.25, 0.3) is 23.3 Å². The lowest BCUT2D eigenvalue weighted by atomic mass is 9.94. The predicted molar refractivity (Wildman–Crippen MR) is 344 cm³/mol. The van der Waals surface area contributed by atoms with Gasteiger partial charge in [0.15, 0.2) is 0 Å². The standard InChI is InChI=1S/C68H92N8O17/c1-5-75(53-16-26-85-27-17-53)58-44-52(43-55(49(58)4)64(80)70-45-56-47(2)42-48(3)71-65(56)81)51-12-10-50(11-13-51)46-73-21-23-74(24-22-73)62(79)19-29-87-31-33-89-35-37-91-39-41-92-40-38-90-36-34-88-32-30-86-28-18-60(77)69-20-7-25-93-59-9-6-8-54-63(59)68(84)76(67(54)83)57-14-15-61(78)72-66(57)82/h6,8-13,42-44,53,57H,5,7,14-41,45-46H2,1-4H3,(H,69,77)(H,70,80)(H,71,81)(H,72,78,82). The quantitative estimate of drug-likeness (QED) is 0.0355. The Morgan fingerprint density at radius 3 is 1.88 bits per heavy atom. The van der Waals surface area contributed by atoms with Crippen molar-refractivity contribution in [3.63, 3.8) is 0 Å². The van der Waals surface area contributed by atoms with E-state index in [2.05, 4.69) is 68.0 Å². The molecule has 25 nitrogen and oxygen atoms in total. The highest BCUT2D eigenvalue weighted by Crippen LogP contribution is 2.36. The average molecular weight is 1290 g/mol. The molecule has 25 heteroatoms. The number of rotatable bonds is 39. The van der Waals surface area contributed by atoms with Gasteiger partial charge in [-0.2, -0.15) is 0 Å². The maximum absolute atomic E-state index is 14.0. The van der Waals surface area contributed by atoms with Crippen LogP contribution in [0.2, 0.25) is 0 Å². The van der Waals surface area contributed by atoms with E-state index in [1.165, 1.54) is 11.6 Å². The van der Waals surface area contributed by atoms with E-state index in [-0.39, 0.29) is 79.2 Å². The largest absolute Gasteiger partial charge is 0.493 e. The predicted octanol–water partition coefficient (Wildman–Crippen LogP) is 4.43. The van der Waals surface area contributed by atoms with Crippen LogP contribution in [0.1, 0.15) is 111 Å². The SMILES string of the molecule is CCN(c1cc(-c2ccc(CN3CCN(C(=O)CCOCCOCCOCCOCCOCCOCCOCCC(=O)NCCCOc4cccc5c4C(=O)N(C4CCC(=O)NC4=O)C5=O)CC3)cc2)cc(C(=O)NCc2c(C)cc(C)[nH]c2=O)c1C)C1CCOCC1. The van der Waals surface area contributed by atoms with Gasteiger partial charge in [0.1, 0.15) is 11.8 Å². The zero-order valence-electron chi connectivity index (χ0n) is 54.3. The first-order valence-corrected chi connectivity index (χ1v) is 32.5. The van der Waals surface area contributed by atoms with Crippen molar-refractivity contribution >= 4 is 47.0 Å². The first-order chi connectivity index (χ1) is 45.2. The molecule has 1 aromatic heterocycles. The Labute approximate surface area is 543 Å². The molecule has 1 atom stereocenters. The summed E-state index contributed by atoms with van der Waals surface area (Å²) < 4.78 is 50.5. The molecule has 0 bridgehead atoms. The highest BCUT2D eigenvalue weighted by atomic mass is 16.6. The van der Waals surface area contributed by atoms with E-state index in [1.54, 1.807) is 12.1 Å². The van der Waals surface area contributed by atoms with Crippen LogP contribution in [0.3, 0.4) is 0 Å². The molecule has 3 saturated heterocycles. The number of carbonyl (C=O) groups is 7.